The van der Waals surface area contributed by atoms with Crippen molar-refractivity contribution in [2.24, 2.45) is 5.11 Å². The molecule has 0 saturated carbocycles. The zero-order valence-electron chi connectivity index (χ0n) is 24.6. The maximum Gasteiger partial charge on any atom is 0.333 e. The highest BCUT2D eigenvalue weighted by Crippen LogP contribution is 2.50. The zero-order valence-corrected chi connectivity index (χ0v) is 25.5. The average molecular weight is 610 g/mol. The number of benzene rings is 3. The second-order valence-corrected chi connectivity index (χ2v) is 12.2. The van der Waals surface area contributed by atoms with Gasteiger partial charge >= 0.3 is 7.60 Å². The molecule has 1 heterocycles. The molecule has 3 aromatic carbocycles. The zero-order chi connectivity index (χ0) is 30.3. The lowest BCUT2D eigenvalue weighted by Gasteiger charge is -2.45. The number of nitrogens with zero attached hydrogens (tertiary/aromatic N) is 3. The first-order valence-corrected chi connectivity index (χ1v) is 16.3. The van der Waals surface area contributed by atoms with Crippen molar-refractivity contribution in [3.05, 3.63) is 118 Å². The molecule has 0 bridgehead atoms. The number of ether oxygens (including phenoxy) is 4. The largest absolute Gasteiger partial charge is 0.374 e. The summed E-state index contributed by atoms with van der Waals surface area (Å²) in [5, 5.41) is 4.11. The maximum atomic E-state index is 13.7. The summed E-state index contributed by atoms with van der Waals surface area (Å²) in [6.45, 7) is 4.92. The molecular weight excluding hydrogens is 569 g/mol. The molecule has 0 unspecified atom stereocenters. The Balaban J connectivity index is 1.65. The van der Waals surface area contributed by atoms with Gasteiger partial charge < -0.3 is 28.0 Å². The molecule has 0 N–H and O–H groups in total. The summed E-state index contributed by atoms with van der Waals surface area (Å²) >= 11 is 0. The van der Waals surface area contributed by atoms with E-state index in [1.807, 2.05) is 91.0 Å². The van der Waals surface area contributed by atoms with Crippen molar-refractivity contribution < 1.29 is 32.6 Å². The first kappa shape index (κ1) is 32.9. The predicted octanol–water partition coefficient (Wildman–Crippen LogP) is 7.09. The first-order valence-electron chi connectivity index (χ1n) is 14.6. The Labute approximate surface area is 253 Å². The van der Waals surface area contributed by atoms with Gasteiger partial charge in [-0.1, -0.05) is 96.1 Å². The van der Waals surface area contributed by atoms with E-state index in [0.29, 0.717) is 6.61 Å². The molecule has 0 radical (unpaired) electrons. The van der Waals surface area contributed by atoms with E-state index >= 15 is 0 Å². The molecule has 3 aromatic rings. The van der Waals surface area contributed by atoms with E-state index in [2.05, 4.69) is 10.0 Å². The maximum absolute atomic E-state index is 13.7. The van der Waals surface area contributed by atoms with E-state index in [0.717, 1.165) is 16.7 Å². The van der Waals surface area contributed by atoms with Crippen LogP contribution in [-0.2, 0) is 52.4 Å². The van der Waals surface area contributed by atoms with Gasteiger partial charge in [0.15, 0.2) is 0 Å². The molecule has 0 spiro atoms. The van der Waals surface area contributed by atoms with Gasteiger partial charge in [0, 0.05) is 4.91 Å². The van der Waals surface area contributed by atoms with Gasteiger partial charge in [0.05, 0.1) is 64.1 Å². The van der Waals surface area contributed by atoms with Crippen LogP contribution in [0.15, 0.2) is 96.1 Å². The monoisotopic (exact) mass is 609 g/mol. The topological polar surface area (TPSA) is 121 Å². The molecule has 1 fully saturated rings. The number of rotatable bonds is 17. The van der Waals surface area contributed by atoms with Crippen LogP contribution in [0.2, 0.25) is 0 Å². The molecule has 0 aliphatic carbocycles. The van der Waals surface area contributed by atoms with Crippen LogP contribution >= 0.6 is 7.60 Å². The van der Waals surface area contributed by atoms with Crippen LogP contribution in [0.1, 0.15) is 30.5 Å². The minimum absolute atomic E-state index is 0.121. The van der Waals surface area contributed by atoms with E-state index < -0.39 is 38.1 Å². The molecule has 11 heteroatoms. The van der Waals surface area contributed by atoms with Crippen LogP contribution in [0, 0.1) is 0 Å². The Morgan fingerprint density at radius 3 is 1.72 bits per heavy atom. The fraction of sp³-hybridized carbons (Fsp3) is 0.438. The predicted molar refractivity (Wildman–Crippen MR) is 163 cm³/mol. The fourth-order valence-electron chi connectivity index (χ4n) is 5.04. The number of azide groups is 1. The lowest BCUT2D eigenvalue weighted by molar-refractivity contribution is -0.224. The van der Waals surface area contributed by atoms with E-state index in [1.54, 1.807) is 13.8 Å². The molecule has 1 aliphatic heterocycles. The standard InChI is InChI=1S/C32H40N3O7P/c1-3-40-43(36,41-4-2)24-29-30(34-35-33)32(39-22-27-18-12-7-13-19-27)31(38-21-26-16-10-6-11-17-26)28(42-29)23-37-20-25-14-8-5-9-15-25/h5-19,28-32H,3-4,20-24H2,1-2H3/t28-,29-,30-,31-,32-/m1/s1. The van der Waals surface area contributed by atoms with Crippen LogP contribution in [0.4, 0.5) is 0 Å². The van der Waals surface area contributed by atoms with Crippen molar-refractivity contribution in [3.8, 4) is 0 Å². The summed E-state index contributed by atoms with van der Waals surface area (Å²) in [6, 6.07) is 28.4. The molecular formula is C32H40N3O7P. The lowest BCUT2D eigenvalue weighted by atomic mass is 9.93. The molecule has 4 rings (SSSR count). The van der Waals surface area contributed by atoms with Crippen LogP contribution in [-0.4, -0.2) is 56.4 Å². The second-order valence-electron chi connectivity index (χ2n) is 10.1. The molecule has 10 nitrogen and oxygen atoms in total. The third-order valence-electron chi connectivity index (χ3n) is 6.96. The molecule has 1 aliphatic rings. The Bertz CT molecular complexity index is 1300. The third kappa shape index (κ3) is 10.00. The summed E-state index contributed by atoms with van der Waals surface area (Å²) in [5.74, 6) is 0. The quantitative estimate of drug-likeness (QED) is 0.0693. The van der Waals surface area contributed by atoms with E-state index in [9.17, 15) is 10.1 Å². The van der Waals surface area contributed by atoms with Gasteiger partial charge in [-0.2, -0.15) is 0 Å². The number of hydrogen-bond donors (Lipinski definition) is 0. The SMILES string of the molecule is CCOP(=O)(C[C@H]1O[C@H](COCc2ccccc2)[C@@H](OCc2ccccc2)[C@H](OCc2ccccc2)[C@@H]1N=[N+]=[N-])OCC. The van der Waals surface area contributed by atoms with Crippen LogP contribution in [0.3, 0.4) is 0 Å². The highest BCUT2D eigenvalue weighted by molar-refractivity contribution is 7.53. The van der Waals surface area contributed by atoms with E-state index in [-0.39, 0.29) is 39.2 Å². The van der Waals surface area contributed by atoms with Crippen LogP contribution < -0.4 is 0 Å². The molecule has 230 valence electrons. The van der Waals surface area contributed by atoms with Crippen molar-refractivity contribution in [2.75, 3.05) is 26.0 Å². The highest BCUT2D eigenvalue weighted by atomic mass is 31.2. The second kappa shape index (κ2) is 17.3. The summed E-state index contributed by atoms with van der Waals surface area (Å²) in [5.41, 5.74) is 12.5. The Morgan fingerprint density at radius 1 is 0.744 bits per heavy atom. The minimum Gasteiger partial charge on any atom is -0.374 e. The van der Waals surface area contributed by atoms with Gasteiger partial charge in [0.2, 0.25) is 0 Å². The molecule has 1 saturated heterocycles. The van der Waals surface area contributed by atoms with E-state index in [1.165, 1.54) is 0 Å². The number of hydrogen-bond acceptors (Lipinski definition) is 8. The first-order chi connectivity index (χ1) is 21.0. The highest BCUT2D eigenvalue weighted by Gasteiger charge is 2.49. The fourth-order valence-corrected chi connectivity index (χ4v) is 6.85. The van der Waals surface area contributed by atoms with Gasteiger partial charge in [-0.15, -0.1) is 0 Å². The van der Waals surface area contributed by atoms with Crippen molar-refractivity contribution in [2.45, 2.75) is 64.1 Å². The van der Waals surface area contributed by atoms with Crippen LogP contribution in [0.5, 0.6) is 0 Å². The lowest BCUT2D eigenvalue weighted by Crippen LogP contribution is -2.60. The van der Waals surface area contributed by atoms with Gasteiger partial charge in [-0.05, 0) is 36.1 Å². The molecule has 43 heavy (non-hydrogen) atoms. The smallest absolute Gasteiger partial charge is 0.333 e. The van der Waals surface area contributed by atoms with Crippen molar-refractivity contribution in [3.63, 3.8) is 0 Å². The van der Waals surface area contributed by atoms with E-state index in [4.69, 9.17) is 28.0 Å². The minimum atomic E-state index is -3.58. The van der Waals surface area contributed by atoms with Crippen molar-refractivity contribution >= 4 is 7.60 Å². The normalized spacial score (nSPS) is 22.1. The Hall–Kier alpha value is -3.04. The summed E-state index contributed by atoms with van der Waals surface area (Å²) in [7, 11) is -3.58. The van der Waals surface area contributed by atoms with Gasteiger partial charge in [-0.3, -0.25) is 4.57 Å². The van der Waals surface area contributed by atoms with Crippen molar-refractivity contribution in [1.29, 1.82) is 0 Å². The van der Waals surface area contributed by atoms with Gasteiger partial charge in [0.1, 0.15) is 12.2 Å². The third-order valence-corrected chi connectivity index (χ3v) is 9.07. The Kier molecular flexibility index (Phi) is 13.2. The van der Waals surface area contributed by atoms with Crippen LogP contribution in [0.25, 0.3) is 10.4 Å². The molecule has 5 atom stereocenters. The summed E-state index contributed by atoms with van der Waals surface area (Å²) in [4.78, 5) is 3.12. The summed E-state index contributed by atoms with van der Waals surface area (Å²) in [6.07, 6.45) is -3.03. The average Bonchev–Trinajstić information content (AvgIpc) is 3.02. The van der Waals surface area contributed by atoms with Crippen molar-refractivity contribution in [1.82, 2.24) is 0 Å². The van der Waals surface area contributed by atoms with Gasteiger partial charge in [-0.25, -0.2) is 0 Å². The Morgan fingerprint density at radius 2 is 1.23 bits per heavy atom. The molecule has 0 aromatic heterocycles. The molecule has 0 amide bonds. The summed E-state index contributed by atoms with van der Waals surface area (Å²) < 4.78 is 50.5. The van der Waals surface area contributed by atoms with Gasteiger partial charge in [0.25, 0.3) is 0 Å².